The zero-order valence-electron chi connectivity index (χ0n) is 16.2. The van der Waals surface area contributed by atoms with Gasteiger partial charge in [0.05, 0.1) is 29.6 Å². The fraction of sp³-hybridized carbons (Fsp3) is 0.381. The van der Waals surface area contributed by atoms with E-state index < -0.39 is 15.9 Å². The van der Waals surface area contributed by atoms with E-state index in [1.54, 1.807) is 16.7 Å². The van der Waals surface area contributed by atoms with E-state index in [0.717, 1.165) is 22.0 Å². The number of thioether (sulfide) groups is 1. The number of nitrogens with zero attached hydrogens (tertiary/aromatic N) is 1. The molecule has 0 spiro atoms. The van der Waals surface area contributed by atoms with E-state index in [9.17, 15) is 13.2 Å². The number of furan rings is 1. The third-order valence-corrected chi connectivity index (χ3v) is 7.88. The Morgan fingerprint density at radius 1 is 1.21 bits per heavy atom. The van der Waals surface area contributed by atoms with Crippen LogP contribution in [-0.4, -0.2) is 49.1 Å². The smallest absolute Gasteiger partial charge is 0.290 e. The van der Waals surface area contributed by atoms with E-state index in [1.807, 2.05) is 49.4 Å². The van der Waals surface area contributed by atoms with E-state index in [0.29, 0.717) is 24.5 Å². The van der Waals surface area contributed by atoms with Gasteiger partial charge in [-0.2, -0.15) is 0 Å². The van der Waals surface area contributed by atoms with Gasteiger partial charge >= 0.3 is 0 Å². The quantitative estimate of drug-likeness (QED) is 0.721. The minimum absolute atomic E-state index is 0.0283. The first-order valence-corrected chi connectivity index (χ1v) is 12.4. The fourth-order valence-electron chi connectivity index (χ4n) is 3.64. The second-order valence-electron chi connectivity index (χ2n) is 7.22. The molecule has 154 valence electrons. The molecule has 2 aromatic rings. The molecule has 1 fully saturated rings. The number of sulfone groups is 1. The second-order valence-corrected chi connectivity index (χ2v) is 10.6. The Kier molecular flexibility index (Phi) is 5.74. The molecule has 3 heterocycles. The van der Waals surface area contributed by atoms with Gasteiger partial charge in [0, 0.05) is 11.8 Å². The van der Waals surface area contributed by atoms with Crippen LogP contribution in [-0.2, 0) is 25.9 Å². The molecule has 0 saturated carbocycles. The van der Waals surface area contributed by atoms with Gasteiger partial charge in [0.25, 0.3) is 5.91 Å². The lowest BCUT2D eigenvalue weighted by Gasteiger charge is -2.30. The lowest BCUT2D eigenvalue weighted by Crippen LogP contribution is -2.42. The second kappa shape index (κ2) is 8.28. The van der Waals surface area contributed by atoms with Gasteiger partial charge in [-0.1, -0.05) is 30.3 Å². The zero-order valence-corrected chi connectivity index (χ0v) is 17.8. The van der Waals surface area contributed by atoms with Crippen molar-refractivity contribution in [3.05, 3.63) is 65.3 Å². The van der Waals surface area contributed by atoms with Crippen LogP contribution in [0.2, 0.25) is 0 Å². The molecule has 29 heavy (non-hydrogen) atoms. The number of aryl methyl sites for hydroxylation is 1. The summed E-state index contributed by atoms with van der Waals surface area (Å²) >= 11 is 1.59. The number of carbonyl (C=O) groups is 1. The van der Waals surface area contributed by atoms with Crippen molar-refractivity contribution in [2.24, 2.45) is 0 Å². The van der Waals surface area contributed by atoms with Crippen molar-refractivity contribution in [1.29, 1.82) is 0 Å². The van der Waals surface area contributed by atoms with E-state index >= 15 is 0 Å². The number of hydrogen-bond donors (Lipinski definition) is 0. The molecular formula is C21H23NO5S2. The highest BCUT2D eigenvalue weighted by Crippen LogP contribution is 2.36. The number of benzene rings is 1. The lowest BCUT2D eigenvalue weighted by molar-refractivity contribution is -0.133. The number of hydrogen-bond acceptors (Lipinski definition) is 6. The third kappa shape index (κ3) is 4.53. The summed E-state index contributed by atoms with van der Waals surface area (Å²) in [7, 11) is -3.14. The summed E-state index contributed by atoms with van der Waals surface area (Å²) in [5, 5.41) is 0. The van der Waals surface area contributed by atoms with Gasteiger partial charge < -0.3 is 14.1 Å². The summed E-state index contributed by atoms with van der Waals surface area (Å²) < 4.78 is 35.7. The van der Waals surface area contributed by atoms with Crippen molar-refractivity contribution in [1.82, 2.24) is 4.90 Å². The molecule has 1 saturated heterocycles. The molecule has 0 N–H and O–H groups in total. The van der Waals surface area contributed by atoms with Gasteiger partial charge in [-0.3, -0.25) is 4.79 Å². The highest BCUT2D eigenvalue weighted by atomic mass is 32.2. The average molecular weight is 434 g/mol. The van der Waals surface area contributed by atoms with Crippen LogP contribution in [0.15, 0.2) is 52.6 Å². The van der Waals surface area contributed by atoms with Gasteiger partial charge in [0.15, 0.2) is 15.6 Å². The predicted octanol–water partition coefficient (Wildman–Crippen LogP) is 3.24. The molecule has 1 amide bonds. The SMILES string of the molecule is Cc1ccc(CN(C(=O)C2=C(c3ccccc3)SCCO2)[C@H]2CCS(=O)(=O)C2)o1. The summed E-state index contributed by atoms with van der Waals surface area (Å²) in [5.41, 5.74) is 0.924. The van der Waals surface area contributed by atoms with Crippen LogP contribution in [0.3, 0.4) is 0 Å². The molecule has 0 unspecified atom stereocenters. The van der Waals surface area contributed by atoms with Crippen molar-refractivity contribution in [2.75, 3.05) is 23.9 Å². The molecular weight excluding hydrogens is 410 g/mol. The minimum atomic E-state index is -3.14. The molecule has 0 aliphatic carbocycles. The van der Waals surface area contributed by atoms with Crippen LogP contribution in [0.4, 0.5) is 0 Å². The van der Waals surface area contributed by atoms with Crippen molar-refractivity contribution < 1.29 is 22.4 Å². The number of carbonyl (C=O) groups excluding carboxylic acids is 1. The molecule has 8 heteroatoms. The van der Waals surface area contributed by atoms with Gasteiger partial charge in [-0.05, 0) is 31.0 Å². The Morgan fingerprint density at radius 2 is 2.00 bits per heavy atom. The largest absolute Gasteiger partial charge is 0.486 e. The molecule has 2 aliphatic rings. The summed E-state index contributed by atoms with van der Waals surface area (Å²) in [5.74, 6) is 2.21. The van der Waals surface area contributed by atoms with Crippen molar-refractivity contribution in [3.8, 4) is 0 Å². The Bertz CT molecular complexity index is 1030. The molecule has 1 atom stereocenters. The van der Waals surface area contributed by atoms with Gasteiger partial charge in [-0.15, -0.1) is 11.8 Å². The summed E-state index contributed by atoms with van der Waals surface area (Å²) in [6.45, 7) is 2.50. The van der Waals surface area contributed by atoms with Gasteiger partial charge in [0.1, 0.15) is 11.5 Å². The van der Waals surface area contributed by atoms with E-state index in [2.05, 4.69) is 0 Å². The molecule has 4 rings (SSSR count). The van der Waals surface area contributed by atoms with Crippen LogP contribution >= 0.6 is 11.8 Å². The Labute approximate surface area is 174 Å². The number of amides is 1. The van der Waals surface area contributed by atoms with Crippen molar-refractivity contribution >= 4 is 32.4 Å². The van der Waals surface area contributed by atoms with Gasteiger partial charge in [0.2, 0.25) is 0 Å². The normalized spacial score (nSPS) is 21.1. The number of rotatable bonds is 5. The molecule has 2 aliphatic heterocycles. The van der Waals surface area contributed by atoms with E-state index in [4.69, 9.17) is 9.15 Å². The summed E-state index contributed by atoms with van der Waals surface area (Å²) in [6.07, 6.45) is 0.425. The fourth-order valence-corrected chi connectivity index (χ4v) is 6.32. The highest BCUT2D eigenvalue weighted by molar-refractivity contribution is 8.08. The molecule has 0 radical (unpaired) electrons. The summed E-state index contributed by atoms with van der Waals surface area (Å²) in [6, 6.07) is 12.9. The van der Waals surface area contributed by atoms with Crippen LogP contribution in [0, 0.1) is 6.92 Å². The molecule has 0 bridgehead atoms. The minimum Gasteiger partial charge on any atom is -0.486 e. The maximum absolute atomic E-state index is 13.6. The maximum Gasteiger partial charge on any atom is 0.290 e. The first-order chi connectivity index (χ1) is 13.9. The standard InChI is InChI=1S/C21H23NO5S2/c1-15-7-8-18(27-15)13-22(17-9-12-29(24,25)14-17)21(23)19-20(28-11-10-26-19)16-5-3-2-4-6-16/h2-8,17H,9-14H2,1H3/t17-/m0/s1. The number of ether oxygens (including phenoxy) is 1. The van der Waals surface area contributed by atoms with E-state index in [1.165, 1.54) is 0 Å². The van der Waals surface area contributed by atoms with Crippen LogP contribution in [0.5, 0.6) is 0 Å². The first-order valence-electron chi connectivity index (χ1n) is 9.55. The Balaban J connectivity index is 1.70. The lowest BCUT2D eigenvalue weighted by atomic mass is 10.1. The Morgan fingerprint density at radius 3 is 2.66 bits per heavy atom. The molecule has 6 nitrogen and oxygen atoms in total. The maximum atomic E-state index is 13.6. The Hall–Kier alpha value is -2.19. The van der Waals surface area contributed by atoms with Crippen LogP contribution < -0.4 is 0 Å². The van der Waals surface area contributed by atoms with E-state index in [-0.39, 0.29) is 24.0 Å². The molecule has 1 aromatic heterocycles. The third-order valence-electron chi connectivity index (χ3n) is 5.04. The van der Waals surface area contributed by atoms with Crippen LogP contribution in [0.1, 0.15) is 23.5 Å². The highest BCUT2D eigenvalue weighted by Gasteiger charge is 2.38. The monoisotopic (exact) mass is 433 g/mol. The predicted molar refractivity (Wildman–Crippen MR) is 113 cm³/mol. The van der Waals surface area contributed by atoms with Gasteiger partial charge in [-0.25, -0.2) is 8.42 Å². The topological polar surface area (TPSA) is 76.8 Å². The van der Waals surface area contributed by atoms with Crippen molar-refractivity contribution in [3.63, 3.8) is 0 Å². The summed E-state index contributed by atoms with van der Waals surface area (Å²) in [4.78, 5) is 16.0. The van der Waals surface area contributed by atoms with Crippen LogP contribution in [0.25, 0.3) is 4.91 Å². The zero-order chi connectivity index (χ0) is 20.4. The average Bonchev–Trinajstić information content (AvgIpc) is 3.30. The first kappa shape index (κ1) is 20.1. The van der Waals surface area contributed by atoms with Crippen molar-refractivity contribution in [2.45, 2.75) is 25.9 Å². The molecule has 1 aromatic carbocycles.